The predicted molar refractivity (Wildman–Crippen MR) is 113 cm³/mol. The Morgan fingerprint density at radius 1 is 1.14 bits per heavy atom. The number of anilines is 1. The van der Waals surface area contributed by atoms with E-state index < -0.39 is 0 Å². The molecule has 29 heavy (non-hydrogen) atoms. The molecule has 2 aromatic rings. The fourth-order valence-corrected chi connectivity index (χ4v) is 3.67. The number of rotatable bonds is 4. The van der Waals surface area contributed by atoms with E-state index in [0.29, 0.717) is 47.2 Å². The smallest absolute Gasteiger partial charge is 0.321 e. The van der Waals surface area contributed by atoms with Gasteiger partial charge in [0.2, 0.25) is 5.91 Å². The van der Waals surface area contributed by atoms with Crippen molar-refractivity contribution in [2.75, 3.05) is 18.4 Å². The number of piperidine rings is 1. The topological polar surface area (TPSA) is 61.4 Å². The van der Waals surface area contributed by atoms with Gasteiger partial charge in [0.15, 0.2) is 0 Å². The molecule has 154 valence electrons. The van der Waals surface area contributed by atoms with Crippen molar-refractivity contribution in [2.24, 2.45) is 5.92 Å². The molecule has 0 aromatic heterocycles. The third-order valence-corrected chi connectivity index (χ3v) is 5.58. The second kappa shape index (κ2) is 9.46. The highest BCUT2D eigenvalue weighted by molar-refractivity contribution is 6.36. The molecule has 0 bridgehead atoms. The van der Waals surface area contributed by atoms with E-state index in [1.807, 2.05) is 0 Å². The zero-order valence-corrected chi connectivity index (χ0v) is 17.5. The number of likely N-dealkylation sites (tertiary alicyclic amines) is 1. The normalized spacial score (nSPS) is 14.6. The first-order valence-corrected chi connectivity index (χ1v) is 10.1. The fraction of sp³-hybridized carbons (Fsp3) is 0.333. The van der Waals surface area contributed by atoms with Crippen molar-refractivity contribution in [1.82, 2.24) is 10.2 Å². The molecule has 0 saturated carbocycles. The van der Waals surface area contributed by atoms with Gasteiger partial charge in [0.1, 0.15) is 5.82 Å². The summed E-state index contributed by atoms with van der Waals surface area (Å²) in [6, 6.07) is 9.53. The molecule has 0 aliphatic carbocycles. The lowest BCUT2D eigenvalue weighted by molar-refractivity contribution is -0.126. The molecule has 0 spiro atoms. The number of carbonyl (C=O) groups is 2. The number of nitrogens with zero attached hydrogens (tertiary/aromatic N) is 1. The van der Waals surface area contributed by atoms with Crippen LogP contribution in [0.25, 0.3) is 0 Å². The minimum atomic E-state index is -0.281. The zero-order valence-electron chi connectivity index (χ0n) is 16.0. The molecule has 1 saturated heterocycles. The molecular formula is C21H22Cl2FN3O2. The molecule has 1 heterocycles. The lowest BCUT2D eigenvalue weighted by Crippen LogP contribution is -2.44. The summed E-state index contributed by atoms with van der Waals surface area (Å²) in [7, 11) is 0. The monoisotopic (exact) mass is 437 g/mol. The van der Waals surface area contributed by atoms with Crippen LogP contribution in [-0.4, -0.2) is 29.9 Å². The summed E-state index contributed by atoms with van der Waals surface area (Å²) in [5.74, 6) is -0.530. The maximum atomic E-state index is 13.6. The Bertz CT molecular complexity index is 915. The maximum Gasteiger partial charge on any atom is 0.321 e. The minimum Gasteiger partial charge on any atom is -0.352 e. The van der Waals surface area contributed by atoms with Crippen LogP contribution < -0.4 is 10.6 Å². The fourth-order valence-electron chi connectivity index (χ4n) is 3.21. The Labute approximate surface area is 179 Å². The molecule has 0 atom stereocenters. The quantitative estimate of drug-likeness (QED) is 0.706. The number of urea groups is 1. The largest absolute Gasteiger partial charge is 0.352 e. The van der Waals surface area contributed by atoms with Crippen molar-refractivity contribution in [3.63, 3.8) is 0 Å². The third-order valence-electron chi connectivity index (χ3n) is 5.03. The average Bonchev–Trinajstić information content (AvgIpc) is 2.70. The van der Waals surface area contributed by atoms with Crippen LogP contribution in [0.3, 0.4) is 0 Å². The number of nitrogens with one attached hydrogen (secondary N) is 2. The van der Waals surface area contributed by atoms with Crippen molar-refractivity contribution in [3.8, 4) is 0 Å². The van der Waals surface area contributed by atoms with E-state index in [-0.39, 0.29) is 30.2 Å². The molecule has 2 N–H and O–H groups in total. The molecule has 5 nitrogen and oxygen atoms in total. The third kappa shape index (κ3) is 5.61. The van der Waals surface area contributed by atoms with E-state index in [9.17, 15) is 14.0 Å². The first kappa shape index (κ1) is 21.4. The Morgan fingerprint density at radius 3 is 2.52 bits per heavy atom. The van der Waals surface area contributed by atoms with E-state index in [1.54, 1.807) is 42.2 Å². The number of amides is 3. The number of aryl methyl sites for hydroxylation is 1. The maximum absolute atomic E-state index is 13.6. The molecular weight excluding hydrogens is 416 g/mol. The Morgan fingerprint density at radius 2 is 1.86 bits per heavy atom. The lowest BCUT2D eigenvalue weighted by atomic mass is 9.96. The van der Waals surface area contributed by atoms with Gasteiger partial charge in [0, 0.05) is 30.6 Å². The van der Waals surface area contributed by atoms with Crippen LogP contribution in [-0.2, 0) is 11.3 Å². The summed E-state index contributed by atoms with van der Waals surface area (Å²) >= 11 is 12.0. The summed E-state index contributed by atoms with van der Waals surface area (Å²) in [5.41, 5.74) is 1.79. The highest BCUT2D eigenvalue weighted by Gasteiger charge is 2.27. The second-order valence-electron chi connectivity index (χ2n) is 7.12. The lowest BCUT2D eigenvalue weighted by Gasteiger charge is -2.31. The van der Waals surface area contributed by atoms with Gasteiger partial charge in [-0.1, -0.05) is 35.3 Å². The molecule has 2 aromatic carbocycles. The molecule has 3 amide bonds. The van der Waals surface area contributed by atoms with Gasteiger partial charge >= 0.3 is 6.03 Å². The van der Waals surface area contributed by atoms with Crippen molar-refractivity contribution in [1.29, 1.82) is 0 Å². The zero-order chi connectivity index (χ0) is 21.0. The van der Waals surface area contributed by atoms with Gasteiger partial charge in [-0.05, 0) is 55.2 Å². The van der Waals surface area contributed by atoms with Gasteiger partial charge in [-0.15, -0.1) is 0 Å². The van der Waals surface area contributed by atoms with Gasteiger partial charge in [-0.2, -0.15) is 0 Å². The van der Waals surface area contributed by atoms with Crippen LogP contribution in [0.5, 0.6) is 0 Å². The van der Waals surface area contributed by atoms with Crippen molar-refractivity contribution >= 4 is 40.8 Å². The second-order valence-corrected chi connectivity index (χ2v) is 7.96. The van der Waals surface area contributed by atoms with Crippen LogP contribution in [0.2, 0.25) is 10.0 Å². The SMILES string of the molecule is Cc1ccc(CNC(=O)C2CCN(C(=O)Nc3ccc(Cl)cc3Cl)CC2)cc1F. The molecule has 8 heteroatoms. The number of carbonyl (C=O) groups excluding carboxylic acids is 2. The summed E-state index contributed by atoms with van der Waals surface area (Å²) in [6.45, 7) is 2.91. The highest BCUT2D eigenvalue weighted by atomic mass is 35.5. The first-order chi connectivity index (χ1) is 13.8. The Balaban J connectivity index is 1.47. The Hall–Kier alpha value is -2.31. The molecule has 1 aliphatic heterocycles. The van der Waals surface area contributed by atoms with Crippen LogP contribution in [0, 0.1) is 18.7 Å². The van der Waals surface area contributed by atoms with Gasteiger partial charge < -0.3 is 15.5 Å². The van der Waals surface area contributed by atoms with E-state index in [1.165, 1.54) is 6.07 Å². The summed E-state index contributed by atoms with van der Waals surface area (Å²) in [4.78, 5) is 26.5. The molecule has 0 unspecified atom stereocenters. The predicted octanol–water partition coefficient (Wildman–Crippen LogP) is 5.00. The first-order valence-electron chi connectivity index (χ1n) is 9.37. The van der Waals surface area contributed by atoms with Crippen LogP contribution in [0.4, 0.5) is 14.9 Å². The molecule has 1 aliphatic rings. The Kier molecular flexibility index (Phi) is 6.98. The number of halogens is 3. The standard InChI is InChI=1S/C21H22Cl2FN3O2/c1-13-2-3-14(10-18(13)24)12-25-20(28)15-6-8-27(9-7-15)21(29)26-19-5-4-16(22)11-17(19)23/h2-5,10-11,15H,6-9,12H2,1H3,(H,25,28)(H,26,29). The molecule has 3 rings (SSSR count). The summed E-state index contributed by atoms with van der Waals surface area (Å²) in [6.07, 6.45) is 1.13. The summed E-state index contributed by atoms with van der Waals surface area (Å²) in [5, 5.41) is 6.49. The van der Waals surface area contributed by atoms with Crippen molar-refractivity contribution in [2.45, 2.75) is 26.3 Å². The van der Waals surface area contributed by atoms with Crippen molar-refractivity contribution < 1.29 is 14.0 Å². The van der Waals surface area contributed by atoms with E-state index in [4.69, 9.17) is 23.2 Å². The van der Waals surface area contributed by atoms with Crippen LogP contribution in [0.15, 0.2) is 36.4 Å². The van der Waals surface area contributed by atoms with Gasteiger partial charge in [0.05, 0.1) is 10.7 Å². The summed E-state index contributed by atoms with van der Waals surface area (Å²) < 4.78 is 13.6. The van der Waals surface area contributed by atoms with E-state index >= 15 is 0 Å². The highest BCUT2D eigenvalue weighted by Crippen LogP contribution is 2.26. The van der Waals surface area contributed by atoms with Crippen LogP contribution >= 0.6 is 23.2 Å². The van der Waals surface area contributed by atoms with E-state index in [2.05, 4.69) is 10.6 Å². The average molecular weight is 438 g/mol. The minimum absolute atomic E-state index is 0.0770. The molecule has 0 radical (unpaired) electrons. The van der Waals surface area contributed by atoms with Gasteiger partial charge in [-0.3, -0.25) is 4.79 Å². The van der Waals surface area contributed by atoms with Crippen LogP contribution in [0.1, 0.15) is 24.0 Å². The van der Waals surface area contributed by atoms with E-state index in [0.717, 1.165) is 5.56 Å². The number of hydrogen-bond acceptors (Lipinski definition) is 2. The van der Waals surface area contributed by atoms with Gasteiger partial charge in [-0.25, -0.2) is 9.18 Å². The van der Waals surface area contributed by atoms with Gasteiger partial charge in [0.25, 0.3) is 0 Å². The molecule has 1 fully saturated rings. The number of benzene rings is 2. The number of hydrogen-bond donors (Lipinski definition) is 2. The van der Waals surface area contributed by atoms with Crippen molar-refractivity contribution in [3.05, 3.63) is 63.4 Å².